The monoisotopic (exact) mass is 368 g/mol. The van der Waals surface area contributed by atoms with Crippen molar-refractivity contribution in [2.45, 2.75) is 24.7 Å². The molecule has 0 saturated heterocycles. The summed E-state index contributed by atoms with van der Waals surface area (Å²) in [5.74, 6) is -1.20. The number of nitriles is 2. The average molecular weight is 369 g/mol. The van der Waals surface area contributed by atoms with Crippen molar-refractivity contribution in [2.75, 3.05) is 0 Å². The van der Waals surface area contributed by atoms with Crippen LogP contribution in [0.1, 0.15) is 35.8 Å². The van der Waals surface area contributed by atoms with Crippen LogP contribution in [0.2, 0.25) is 10.0 Å². The van der Waals surface area contributed by atoms with Crippen LogP contribution < -0.4 is 0 Å². The lowest BCUT2D eigenvalue weighted by atomic mass is 9.57. The zero-order valence-electron chi connectivity index (χ0n) is 13.2. The number of benzene rings is 2. The molecule has 1 fully saturated rings. The molecule has 2 aromatic carbocycles. The molecule has 2 atom stereocenters. The summed E-state index contributed by atoms with van der Waals surface area (Å²) in [7, 11) is 0. The Morgan fingerprint density at radius 1 is 0.840 bits per heavy atom. The van der Waals surface area contributed by atoms with Crippen LogP contribution in [0, 0.1) is 28.1 Å². The van der Waals surface area contributed by atoms with Gasteiger partial charge in [0.1, 0.15) is 5.78 Å². The summed E-state index contributed by atoms with van der Waals surface area (Å²) in [6, 6.07) is 18.5. The van der Waals surface area contributed by atoms with Crippen molar-refractivity contribution in [3.8, 4) is 12.1 Å². The highest BCUT2D eigenvalue weighted by atomic mass is 35.5. The van der Waals surface area contributed by atoms with Crippen molar-refractivity contribution in [2.24, 2.45) is 5.41 Å². The zero-order chi connectivity index (χ0) is 18.0. The van der Waals surface area contributed by atoms with Gasteiger partial charge >= 0.3 is 0 Å². The SMILES string of the molecule is N#CC1(C#N)[C@H](c2ccccc2Cl)CC(=O)C[C@H]1c1ccccc1Cl. The molecule has 3 nitrogen and oxygen atoms in total. The molecule has 0 aromatic heterocycles. The normalized spacial score (nSPS) is 22.0. The van der Waals surface area contributed by atoms with Gasteiger partial charge in [-0.1, -0.05) is 59.6 Å². The number of carbonyl (C=O) groups is 1. The molecule has 5 heteroatoms. The Balaban J connectivity index is 2.22. The van der Waals surface area contributed by atoms with Crippen LogP contribution in [0.25, 0.3) is 0 Å². The average Bonchev–Trinajstić information content (AvgIpc) is 2.62. The first-order valence-electron chi connectivity index (χ1n) is 7.86. The van der Waals surface area contributed by atoms with Crippen LogP contribution in [0.4, 0.5) is 0 Å². The molecule has 0 aliphatic heterocycles. The van der Waals surface area contributed by atoms with Gasteiger partial charge in [0.15, 0.2) is 5.41 Å². The predicted octanol–water partition coefficient (Wildman–Crippen LogP) is 5.26. The molecular formula is C20H14Cl2N2O. The van der Waals surface area contributed by atoms with E-state index in [4.69, 9.17) is 23.2 Å². The fraction of sp³-hybridized carbons (Fsp3) is 0.250. The van der Waals surface area contributed by atoms with Crippen LogP contribution in [0.3, 0.4) is 0 Å². The Bertz CT molecular complexity index is 837. The van der Waals surface area contributed by atoms with E-state index in [1.807, 2.05) is 0 Å². The first kappa shape index (κ1) is 17.5. The smallest absolute Gasteiger partial charge is 0.158 e. The number of hydrogen-bond acceptors (Lipinski definition) is 3. The second-order valence-corrected chi connectivity index (χ2v) is 7.00. The minimum Gasteiger partial charge on any atom is -0.300 e. The summed E-state index contributed by atoms with van der Waals surface area (Å²) in [6.07, 6.45) is 0.234. The van der Waals surface area contributed by atoms with Gasteiger partial charge in [-0.2, -0.15) is 10.5 Å². The third-order valence-corrected chi connectivity index (χ3v) is 5.58. The van der Waals surface area contributed by atoms with Crippen molar-refractivity contribution >= 4 is 29.0 Å². The van der Waals surface area contributed by atoms with Gasteiger partial charge in [-0.3, -0.25) is 4.79 Å². The molecule has 1 saturated carbocycles. The van der Waals surface area contributed by atoms with E-state index in [0.717, 1.165) is 0 Å². The van der Waals surface area contributed by atoms with Gasteiger partial charge in [-0.15, -0.1) is 0 Å². The van der Waals surface area contributed by atoms with Gasteiger partial charge in [0.2, 0.25) is 0 Å². The Morgan fingerprint density at radius 2 is 1.24 bits per heavy atom. The minimum atomic E-state index is -1.41. The summed E-state index contributed by atoms with van der Waals surface area (Å²) in [5.41, 5.74) is -0.112. The van der Waals surface area contributed by atoms with Crippen molar-refractivity contribution in [3.63, 3.8) is 0 Å². The maximum atomic E-state index is 12.5. The van der Waals surface area contributed by atoms with E-state index in [9.17, 15) is 15.3 Å². The van der Waals surface area contributed by atoms with Crippen LogP contribution in [0.15, 0.2) is 48.5 Å². The first-order valence-corrected chi connectivity index (χ1v) is 8.62. The van der Waals surface area contributed by atoms with E-state index in [0.29, 0.717) is 21.2 Å². The molecular weight excluding hydrogens is 355 g/mol. The molecule has 2 aromatic rings. The number of ketones is 1. The van der Waals surface area contributed by atoms with Gasteiger partial charge in [0.25, 0.3) is 0 Å². The van der Waals surface area contributed by atoms with Crippen molar-refractivity contribution in [3.05, 3.63) is 69.7 Å². The molecule has 0 radical (unpaired) electrons. The highest BCUT2D eigenvalue weighted by Crippen LogP contribution is 2.55. The molecule has 1 aliphatic rings. The lowest BCUT2D eigenvalue weighted by molar-refractivity contribution is -0.122. The van der Waals surface area contributed by atoms with E-state index in [-0.39, 0.29) is 18.6 Å². The second kappa shape index (κ2) is 6.89. The molecule has 0 unspecified atom stereocenters. The van der Waals surface area contributed by atoms with Gasteiger partial charge in [0.05, 0.1) is 12.1 Å². The predicted molar refractivity (Wildman–Crippen MR) is 96.3 cm³/mol. The zero-order valence-corrected chi connectivity index (χ0v) is 14.8. The van der Waals surface area contributed by atoms with Gasteiger partial charge < -0.3 is 0 Å². The van der Waals surface area contributed by atoms with Crippen LogP contribution >= 0.6 is 23.2 Å². The minimum absolute atomic E-state index is 0.00374. The van der Waals surface area contributed by atoms with E-state index >= 15 is 0 Å². The molecule has 0 amide bonds. The molecule has 25 heavy (non-hydrogen) atoms. The van der Waals surface area contributed by atoms with Crippen molar-refractivity contribution in [1.82, 2.24) is 0 Å². The summed E-state index contributed by atoms with van der Waals surface area (Å²) in [5, 5.41) is 20.9. The lowest BCUT2D eigenvalue weighted by Crippen LogP contribution is -2.40. The van der Waals surface area contributed by atoms with Gasteiger partial charge in [-0.25, -0.2) is 0 Å². The number of hydrogen-bond donors (Lipinski definition) is 0. The highest BCUT2D eigenvalue weighted by Gasteiger charge is 2.53. The Labute approximate surface area is 156 Å². The molecule has 3 rings (SSSR count). The molecule has 0 heterocycles. The Morgan fingerprint density at radius 3 is 1.60 bits per heavy atom. The third kappa shape index (κ3) is 2.91. The number of Topliss-reactive ketones (excluding diaryl/α,β-unsaturated/α-hetero) is 1. The standard InChI is InChI=1S/C20H14Cl2N2O/c21-18-7-3-1-5-14(18)16-9-13(25)10-17(20(16,11-23)12-24)15-6-2-4-8-19(15)22/h1-8,16-17H,9-10H2/t16-,17-/m0/s1. The molecule has 0 bridgehead atoms. The van der Waals surface area contributed by atoms with E-state index < -0.39 is 17.3 Å². The largest absolute Gasteiger partial charge is 0.300 e. The fourth-order valence-electron chi connectivity index (χ4n) is 3.67. The van der Waals surface area contributed by atoms with Crippen molar-refractivity contribution < 1.29 is 4.79 Å². The maximum absolute atomic E-state index is 12.5. The van der Waals surface area contributed by atoms with E-state index in [1.54, 1.807) is 48.5 Å². The van der Waals surface area contributed by atoms with Crippen LogP contribution in [-0.2, 0) is 4.79 Å². The summed E-state index contributed by atoms with van der Waals surface area (Å²) < 4.78 is 0. The fourth-order valence-corrected chi connectivity index (χ4v) is 4.20. The molecule has 1 aliphatic carbocycles. The van der Waals surface area contributed by atoms with Gasteiger partial charge in [-0.05, 0) is 23.3 Å². The summed E-state index contributed by atoms with van der Waals surface area (Å²) in [6.45, 7) is 0. The number of rotatable bonds is 2. The Hall–Kier alpha value is -2.33. The quantitative estimate of drug-likeness (QED) is 0.726. The Kier molecular flexibility index (Phi) is 4.82. The first-order chi connectivity index (χ1) is 12.0. The lowest BCUT2D eigenvalue weighted by Gasteiger charge is -2.40. The van der Waals surface area contributed by atoms with Gasteiger partial charge in [0, 0.05) is 34.7 Å². The number of halogens is 2. The van der Waals surface area contributed by atoms with Crippen LogP contribution in [-0.4, -0.2) is 5.78 Å². The van der Waals surface area contributed by atoms with Crippen LogP contribution in [0.5, 0.6) is 0 Å². The molecule has 0 N–H and O–H groups in total. The van der Waals surface area contributed by atoms with Crippen molar-refractivity contribution in [1.29, 1.82) is 10.5 Å². The highest BCUT2D eigenvalue weighted by molar-refractivity contribution is 6.31. The third-order valence-electron chi connectivity index (χ3n) is 4.89. The molecule has 0 spiro atoms. The number of nitrogens with zero attached hydrogens (tertiary/aromatic N) is 2. The maximum Gasteiger partial charge on any atom is 0.158 e. The van der Waals surface area contributed by atoms with E-state index in [2.05, 4.69) is 12.1 Å². The second-order valence-electron chi connectivity index (χ2n) is 6.19. The molecule has 124 valence electrons. The summed E-state index contributed by atoms with van der Waals surface area (Å²) >= 11 is 12.6. The summed E-state index contributed by atoms with van der Waals surface area (Å²) in [4.78, 5) is 12.5. The van der Waals surface area contributed by atoms with E-state index in [1.165, 1.54) is 0 Å². The topological polar surface area (TPSA) is 64.7 Å². The number of carbonyl (C=O) groups excluding carboxylic acids is 1.